The van der Waals surface area contributed by atoms with Crippen molar-refractivity contribution in [2.45, 2.75) is 64.1 Å². The Hall–Kier alpha value is -3.27. The number of ether oxygens (including phenoxy) is 1. The van der Waals surface area contributed by atoms with Gasteiger partial charge in [0.05, 0.1) is 17.2 Å². The lowest BCUT2D eigenvalue weighted by molar-refractivity contribution is -0.141. The fraction of sp³-hybridized carbons (Fsp3) is 0.355. The molecule has 0 unspecified atom stereocenters. The molecule has 0 saturated carbocycles. The number of halogens is 2. The van der Waals surface area contributed by atoms with Gasteiger partial charge in [0.2, 0.25) is 11.8 Å². The van der Waals surface area contributed by atoms with E-state index in [-0.39, 0.29) is 23.0 Å². The van der Waals surface area contributed by atoms with Crippen LogP contribution >= 0.6 is 23.2 Å². The van der Waals surface area contributed by atoms with Crippen LogP contribution in [0.4, 0.5) is 5.69 Å². The average molecular weight is 635 g/mol. The van der Waals surface area contributed by atoms with Crippen molar-refractivity contribution >= 4 is 50.7 Å². The van der Waals surface area contributed by atoms with Crippen LogP contribution in [0.25, 0.3) is 0 Å². The van der Waals surface area contributed by atoms with E-state index < -0.39 is 34.1 Å². The molecule has 226 valence electrons. The third kappa shape index (κ3) is 8.86. The normalized spacial score (nSPS) is 12.4. The molecule has 11 heteroatoms. The predicted molar refractivity (Wildman–Crippen MR) is 168 cm³/mol. The van der Waals surface area contributed by atoms with Crippen LogP contribution in [-0.2, 0) is 26.2 Å². The Kier molecular flexibility index (Phi) is 11.3. The summed E-state index contributed by atoms with van der Waals surface area (Å²) in [6, 6.07) is 18.3. The molecule has 0 radical (unpaired) electrons. The summed E-state index contributed by atoms with van der Waals surface area (Å²) in [7, 11) is -4.22. The molecule has 42 heavy (non-hydrogen) atoms. The standard InChI is InChI=1S/C31H37Cl2N3O5S/c1-6-28(30(38)34-31(3,4)5)35(20-22-8-10-23(32)11-9-22)29(37)21-36(25-14-16-26(17-15-25)41-7-2)42(39,40)27-18-12-24(33)13-19-27/h8-19,28H,6-7,20-21H2,1-5H3,(H,34,38)/t28-/m0/s1. The highest BCUT2D eigenvalue weighted by molar-refractivity contribution is 7.92. The summed E-state index contributed by atoms with van der Waals surface area (Å²) in [4.78, 5) is 28.9. The fourth-order valence-corrected chi connectivity index (χ4v) is 5.96. The second-order valence-electron chi connectivity index (χ2n) is 10.7. The third-order valence-corrected chi connectivity index (χ3v) is 8.56. The molecule has 0 aliphatic heterocycles. The smallest absolute Gasteiger partial charge is 0.264 e. The molecular formula is C31H37Cl2N3O5S. The lowest BCUT2D eigenvalue weighted by Gasteiger charge is -2.34. The second kappa shape index (κ2) is 14.3. The lowest BCUT2D eigenvalue weighted by Crippen LogP contribution is -2.55. The summed E-state index contributed by atoms with van der Waals surface area (Å²) >= 11 is 12.1. The molecule has 0 heterocycles. The van der Waals surface area contributed by atoms with Gasteiger partial charge in [0.1, 0.15) is 18.3 Å². The second-order valence-corrected chi connectivity index (χ2v) is 13.4. The molecule has 0 fully saturated rings. The largest absolute Gasteiger partial charge is 0.494 e. The Bertz CT molecular complexity index is 1460. The monoisotopic (exact) mass is 633 g/mol. The summed E-state index contributed by atoms with van der Waals surface area (Å²) in [5, 5.41) is 3.86. The molecule has 0 bridgehead atoms. The van der Waals surface area contributed by atoms with Crippen LogP contribution < -0.4 is 14.4 Å². The van der Waals surface area contributed by atoms with Gasteiger partial charge in [-0.25, -0.2) is 8.42 Å². The van der Waals surface area contributed by atoms with Crippen LogP contribution in [0.5, 0.6) is 5.75 Å². The van der Waals surface area contributed by atoms with Crippen LogP contribution in [0.15, 0.2) is 77.7 Å². The number of hydrogen-bond acceptors (Lipinski definition) is 5. The third-order valence-electron chi connectivity index (χ3n) is 6.27. The molecule has 1 N–H and O–H groups in total. The lowest BCUT2D eigenvalue weighted by atomic mass is 10.1. The van der Waals surface area contributed by atoms with E-state index in [1.807, 2.05) is 34.6 Å². The average Bonchev–Trinajstić information content (AvgIpc) is 2.92. The van der Waals surface area contributed by atoms with Crippen molar-refractivity contribution in [1.29, 1.82) is 0 Å². The Labute approximate surface area is 258 Å². The van der Waals surface area contributed by atoms with E-state index in [1.54, 1.807) is 48.5 Å². The van der Waals surface area contributed by atoms with Crippen molar-refractivity contribution < 1.29 is 22.7 Å². The summed E-state index contributed by atoms with van der Waals surface area (Å²) < 4.78 is 34.5. The summed E-state index contributed by atoms with van der Waals surface area (Å²) in [6.45, 7) is 9.19. The quantitative estimate of drug-likeness (QED) is 0.252. The Balaban J connectivity index is 2.07. The number of nitrogens with one attached hydrogen (secondary N) is 1. The number of carbonyl (C=O) groups is 2. The van der Waals surface area contributed by atoms with Gasteiger partial charge in [-0.15, -0.1) is 0 Å². The van der Waals surface area contributed by atoms with Crippen LogP contribution in [0, 0.1) is 0 Å². The minimum Gasteiger partial charge on any atom is -0.494 e. The Morgan fingerprint density at radius 2 is 1.43 bits per heavy atom. The first kappa shape index (κ1) is 33.2. The van der Waals surface area contributed by atoms with Crippen molar-refractivity contribution in [3.05, 3.63) is 88.4 Å². The van der Waals surface area contributed by atoms with Crippen LogP contribution in [0.3, 0.4) is 0 Å². The number of benzene rings is 3. The molecule has 0 saturated heterocycles. The maximum atomic E-state index is 14.1. The fourth-order valence-electron chi connectivity index (χ4n) is 4.30. The number of anilines is 1. The Morgan fingerprint density at radius 3 is 1.93 bits per heavy atom. The van der Waals surface area contributed by atoms with E-state index in [9.17, 15) is 18.0 Å². The number of carbonyl (C=O) groups excluding carboxylic acids is 2. The van der Waals surface area contributed by atoms with Gasteiger partial charge in [-0.05, 0) is 100 Å². The van der Waals surface area contributed by atoms with Crippen LogP contribution in [0.2, 0.25) is 10.0 Å². The number of rotatable bonds is 12. The minimum absolute atomic E-state index is 0.0321. The molecule has 1 atom stereocenters. The minimum atomic E-state index is -4.22. The predicted octanol–water partition coefficient (Wildman–Crippen LogP) is 6.31. The highest BCUT2D eigenvalue weighted by Crippen LogP contribution is 2.28. The highest BCUT2D eigenvalue weighted by Gasteiger charge is 2.34. The molecule has 2 amide bonds. The van der Waals surface area contributed by atoms with Crippen molar-refractivity contribution in [3.63, 3.8) is 0 Å². The van der Waals surface area contributed by atoms with E-state index in [1.165, 1.54) is 29.2 Å². The first-order valence-corrected chi connectivity index (χ1v) is 15.8. The molecular weight excluding hydrogens is 597 g/mol. The molecule has 0 aliphatic rings. The van der Waals surface area contributed by atoms with Gasteiger partial charge >= 0.3 is 0 Å². The van der Waals surface area contributed by atoms with Gasteiger partial charge in [0.15, 0.2) is 0 Å². The van der Waals surface area contributed by atoms with E-state index in [0.717, 1.165) is 9.87 Å². The van der Waals surface area contributed by atoms with E-state index in [0.29, 0.717) is 28.8 Å². The molecule has 0 aromatic heterocycles. The van der Waals surface area contributed by atoms with Gasteiger partial charge in [-0.1, -0.05) is 42.3 Å². The number of hydrogen-bond donors (Lipinski definition) is 1. The van der Waals surface area contributed by atoms with Gasteiger partial charge < -0.3 is 15.0 Å². The summed E-state index contributed by atoms with van der Waals surface area (Å²) in [6.07, 6.45) is 0.314. The highest BCUT2D eigenvalue weighted by atomic mass is 35.5. The van der Waals surface area contributed by atoms with E-state index >= 15 is 0 Å². The van der Waals surface area contributed by atoms with Gasteiger partial charge in [0, 0.05) is 22.1 Å². The molecule has 3 aromatic rings. The zero-order valence-corrected chi connectivity index (χ0v) is 26.8. The SMILES string of the molecule is CCOc1ccc(N(CC(=O)N(Cc2ccc(Cl)cc2)[C@@H](CC)C(=O)NC(C)(C)C)S(=O)(=O)c2ccc(Cl)cc2)cc1. The number of amides is 2. The van der Waals surface area contributed by atoms with E-state index in [2.05, 4.69) is 5.32 Å². The van der Waals surface area contributed by atoms with Crippen molar-refractivity contribution in [1.82, 2.24) is 10.2 Å². The molecule has 3 rings (SSSR count). The Morgan fingerprint density at radius 1 is 0.881 bits per heavy atom. The topological polar surface area (TPSA) is 96.0 Å². The van der Waals surface area contributed by atoms with Crippen molar-refractivity contribution in [2.75, 3.05) is 17.5 Å². The summed E-state index contributed by atoms with van der Waals surface area (Å²) in [5.74, 6) is -0.321. The number of nitrogens with zero attached hydrogens (tertiary/aromatic N) is 2. The molecule has 8 nitrogen and oxygen atoms in total. The van der Waals surface area contributed by atoms with Crippen LogP contribution in [0.1, 0.15) is 46.6 Å². The molecule has 3 aromatic carbocycles. The zero-order chi connectivity index (χ0) is 31.1. The molecule has 0 spiro atoms. The maximum absolute atomic E-state index is 14.1. The van der Waals surface area contributed by atoms with Crippen molar-refractivity contribution in [3.8, 4) is 5.75 Å². The van der Waals surface area contributed by atoms with E-state index in [4.69, 9.17) is 27.9 Å². The van der Waals surface area contributed by atoms with Crippen molar-refractivity contribution in [2.24, 2.45) is 0 Å². The number of sulfonamides is 1. The first-order valence-electron chi connectivity index (χ1n) is 13.6. The maximum Gasteiger partial charge on any atom is 0.264 e. The first-order chi connectivity index (χ1) is 19.7. The van der Waals surface area contributed by atoms with Crippen LogP contribution in [-0.4, -0.2) is 49.9 Å². The summed E-state index contributed by atoms with van der Waals surface area (Å²) in [5.41, 5.74) is 0.467. The zero-order valence-electron chi connectivity index (χ0n) is 24.4. The van der Waals surface area contributed by atoms with Gasteiger partial charge in [-0.3, -0.25) is 13.9 Å². The van der Waals surface area contributed by atoms with Gasteiger partial charge in [-0.2, -0.15) is 0 Å². The molecule has 0 aliphatic carbocycles. The van der Waals surface area contributed by atoms with Gasteiger partial charge in [0.25, 0.3) is 10.0 Å².